The number of ether oxygens (including phenoxy) is 1. The van der Waals surface area contributed by atoms with Gasteiger partial charge >= 0.3 is 5.97 Å². The third-order valence-electron chi connectivity index (χ3n) is 4.54. The lowest BCUT2D eigenvalue weighted by atomic mass is 10.0. The molecule has 1 atom stereocenters. The molecule has 0 spiro atoms. The molecule has 0 aromatic heterocycles. The zero-order valence-electron chi connectivity index (χ0n) is 13.3. The first-order valence-electron chi connectivity index (χ1n) is 8.09. The Hall–Kier alpha value is -3.21. The minimum Gasteiger partial charge on any atom is -0.423 e. The van der Waals surface area contributed by atoms with Crippen molar-refractivity contribution in [2.75, 3.05) is 0 Å². The monoisotopic (exact) mass is 333 g/mol. The van der Waals surface area contributed by atoms with Crippen LogP contribution >= 0.6 is 0 Å². The Labute approximate surface area is 144 Å². The van der Waals surface area contributed by atoms with Crippen LogP contribution in [0, 0.1) is 0 Å². The van der Waals surface area contributed by atoms with Crippen molar-refractivity contribution in [3.63, 3.8) is 0 Å². The highest BCUT2D eigenvalue weighted by Crippen LogP contribution is 2.37. The normalized spacial score (nSPS) is 18.6. The first kappa shape index (κ1) is 15.3. The highest BCUT2D eigenvalue weighted by molar-refractivity contribution is 6.13. The molecule has 124 valence electrons. The lowest BCUT2D eigenvalue weighted by molar-refractivity contribution is -0.139. The fourth-order valence-corrected chi connectivity index (χ4v) is 3.35. The molecule has 0 saturated carbocycles. The maximum atomic E-state index is 12.4. The SMILES string of the molecule is O=C(Oc1ccccc1)c1ccc2c(c1)[C@@H](N1C(=O)C=CC1=O)CC2. The summed E-state index contributed by atoms with van der Waals surface area (Å²) in [6.07, 6.45) is 4.01. The van der Waals surface area contributed by atoms with Gasteiger partial charge in [0.25, 0.3) is 11.8 Å². The molecule has 2 aromatic rings. The Balaban J connectivity index is 1.61. The van der Waals surface area contributed by atoms with Crippen LogP contribution in [-0.2, 0) is 16.0 Å². The van der Waals surface area contributed by atoms with Crippen molar-refractivity contribution in [3.8, 4) is 5.75 Å². The fraction of sp³-hybridized carbons (Fsp3) is 0.150. The molecule has 2 amide bonds. The number of benzene rings is 2. The van der Waals surface area contributed by atoms with Crippen LogP contribution in [0.1, 0.15) is 33.9 Å². The van der Waals surface area contributed by atoms with E-state index in [4.69, 9.17) is 4.74 Å². The van der Waals surface area contributed by atoms with Crippen molar-refractivity contribution in [1.82, 2.24) is 4.90 Å². The molecule has 0 N–H and O–H groups in total. The third kappa shape index (κ3) is 2.74. The summed E-state index contributed by atoms with van der Waals surface area (Å²) < 4.78 is 5.36. The Morgan fingerprint density at radius 2 is 1.72 bits per heavy atom. The quantitative estimate of drug-likeness (QED) is 0.492. The van der Waals surface area contributed by atoms with E-state index in [9.17, 15) is 14.4 Å². The Morgan fingerprint density at radius 1 is 1.00 bits per heavy atom. The number of para-hydroxylation sites is 1. The van der Waals surface area contributed by atoms with Crippen molar-refractivity contribution < 1.29 is 19.1 Å². The number of imide groups is 1. The first-order valence-corrected chi connectivity index (χ1v) is 8.09. The lowest BCUT2D eigenvalue weighted by Gasteiger charge is -2.23. The molecule has 2 aliphatic rings. The van der Waals surface area contributed by atoms with Crippen molar-refractivity contribution >= 4 is 17.8 Å². The van der Waals surface area contributed by atoms with Gasteiger partial charge in [-0.1, -0.05) is 24.3 Å². The summed E-state index contributed by atoms with van der Waals surface area (Å²) in [5.41, 5.74) is 2.29. The molecule has 0 unspecified atom stereocenters. The van der Waals surface area contributed by atoms with Gasteiger partial charge in [-0.3, -0.25) is 14.5 Å². The Morgan fingerprint density at radius 3 is 2.44 bits per heavy atom. The smallest absolute Gasteiger partial charge is 0.343 e. The van der Waals surface area contributed by atoms with Crippen molar-refractivity contribution in [1.29, 1.82) is 0 Å². The van der Waals surface area contributed by atoms with E-state index in [-0.39, 0.29) is 17.9 Å². The average molecular weight is 333 g/mol. The van der Waals surface area contributed by atoms with E-state index in [1.54, 1.807) is 36.4 Å². The van der Waals surface area contributed by atoms with Crippen LogP contribution < -0.4 is 4.74 Å². The van der Waals surface area contributed by atoms with Gasteiger partial charge < -0.3 is 4.74 Å². The molecule has 0 fully saturated rings. The summed E-state index contributed by atoms with van der Waals surface area (Å²) in [6.45, 7) is 0. The summed E-state index contributed by atoms with van der Waals surface area (Å²) in [5, 5.41) is 0. The van der Waals surface area contributed by atoms with Gasteiger partial charge in [-0.15, -0.1) is 0 Å². The largest absolute Gasteiger partial charge is 0.423 e. The van der Waals surface area contributed by atoms with Gasteiger partial charge in [-0.25, -0.2) is 4.79 Å². The van der Waals surface area contributed by atoms with Crippen LogP contribution in [0.5, 0.6) is 5.75 Å². The van der Waals surface area contributed by atoms with Crippen LogP contribution in [0.4, 0.5) is 0 Å². The van der Waals surface area contributed by atoms with E-state index in [2.05, 4.69) is 0 Å². The fourth-order valence-electron chi connectivity index (χ4n) is 3.35. The van der Waals surface area contributed by atoms with Gasteiger partial charge in [0.05, 0.1) is 11.6 Å². The number of aryl methyl sites for hydroxylation is 1. The molecule has 5 nitrogen and oxygen atoms in total. The van der Waals surface area contributed by atoms with Gasteiger partial charge in [0.1, 0.15) is 5.75 Å². The molecule has 25 heavy (non-hydrogen) atoms. The second-order valence-corrected chi connectivity index (χ2v) is 6.05. The highest BCUT2D eigenvalue weighted by atomic mass is 16.5. The van der Waals surface area contributed by atoms with Crippen LogP contribution in [0.25, 0.3) is 0 Å². The predicted molar refractivity (Wildman–Crippen MR) is 89.9 cm³/mol. The molecule has 1 heterocycles. The van der Waals surface area contributed by atoms with Crippen molar-refractivity contribution in [3.05, 3.63) is 77.4 Å². The number of carbonyl (C=O) groups excluding carboxylic acids is 3. The second kappa shape index (κ2) is 6.02. The summed E-state index contributed by atoms with van der Waals surface area (Å²) >= 11 is 0. The van der Waals surface area contributed by atoms with Crippen molar-refractivity contribution in [2.24, 2.45) is 0 Å². The molecule has 0 radical (unpaired) electrons. The molecule has 0 bridgehead atoms. The van der Waals surface area contributed by atoms with E-state index in [1.165, 1.54) is 17.1 Å². The number of nitrogens with zero attached hydrogens (tertiary/aromatic N) is 1. The van der Waals surface area contributed by atoms with E-state index in [1.807, 2.05) is 12.1 Å². The zero-order chi connectivity index (χ0) is 17.4. The number of hydrogen-bond acceptors (Lipinski definition) is 4. The van der Waals surface area contributed by atoms with Crippen LogP contribution in [-0.4, -0.2) is 22.7 Å². The van der Waals surface area contributed by atoms with Crippen molar-refractivity contribution in [2.45, 2.75) is 18.9 Å². The number of fused-ring (bicyclic) bond motifs is 1. The molecular weight excluding hydrogens is 318 g/mol. The standard InChI is InChI=1S/C20H15NO4/c22-18-10-11-19(23)21(18)17-9-8-13-6-7-14(12-16(13)17)20(24)25-15-4-2-1-3-5-15/h1-7,10-12,17H,8-9H2/t17-/m0/s1. The summed E-state index contributed by atoms with van der Waals surface area (Å²) in [4.78, 5) is 37.6. The molecular formula is C20H15NO4. The van der Waals surface area contributed by atoms with Gasteiger partial charge in [-0.05, 0) is 48.2 Å². The number of amides is 2. The lowest BCUT2D eigenvalue weighted by Crippen LogP contribution is -2.33. The van der Waals surface area contributed by atoms with Gasteiger partial charge in [0, 0.05) is 12.2 Å². The Bertz CT molecular complexity index is 883. The Kier molecular flexibility index (Phi) is 3.69. The van der Waals surface area contributed by atoms with Gasteiger partial charge in [-0.2, -0.15) is 0 Å². The topological polar surface area (TPSA) is 63.7 Å². The summed E-state index contributed by atoms with van der Waals surface area (Å²) in [6, 6.07) is 13.8. The highest BCUT2D eigenvalue weighted by Gasteiger charge is 2.36. The molecule has 1 aliphatic heterocycles. The summed E-state index contributed by atoms with van der Waals surface area (Å²) in [7, 11) is 0. The third-order valence-corrected chi connectivity index (χ3v) is 4.54. The van der Waals surface area contributed by atoms with E-state index in [0.29, 0.717) is 17.7 Å². The van der Waals surface area contributed by atoms with E-state index >= 15 is 0 Å². The predicted octanol–water partition coefficient (Wildman–Crippen LogP) is 2.82. The average Bonchev–Trinajstić information content (AvgIpc) is 3.18. The van der Waals surface area contributed by atoms with Crippen LogP contribution in [0.15, 0.2) is 60.7 Å². The zero-order valence-corrected chi connectivity index (χ0v) is 13.3. The number of esters is 1. The van der Waals surface area contributed by atoms with E-state index in [0.717, 1.165) is 17.5 Å². The maximum Gasteiger partial charge on any atom is 0.343 e. The molecule has 5 heteroatoms. The number of carbonyl (C=O) groups is 3. The van der Waals surface area contributed by atoms with E-state index < -0.39 is 5.97 Å². The number of hydrogen-bond donors (Lipinski definition) is 0. The molecule has 1 aliphatic carbocycles. The molecule has 2 aromatic carbocycles. The second-order valence-electron chi connectivity index (χ2n) is 6.05. The maximum absolute atomic E-state index is 12.4. The minimum absolute atomic E-state index is 0.305. The first-order chi connectivity index (χ1) is 12.1. The summed E-state index contributed by atoms with van der Waals surface area (Å²) in [5.74, 6) is -0.601. The van der Waals surface area contributed by atoms with Gasteiger partial charge in [0.2, 0.25) is 0 Å². The minimum atomic E-state index is -0.461. The van der Waals surface area contributed by atoms with Crippen LogP contribution in [0.2, 0.25) is 0 Å². The number of rotatable bonds is 3. The van der Waals surface area contributed by atoms with Gasteiger partial charge in [0.15, 0.2) is 0 Å². The molecule has 0 saturated heterocycles. The van der Waals surface area contributed by atoms with Crippen LogP contribution in [0.3, 0.4) is 0 Å². The molecule has 4 rings (SSSR count).